The van der Waals surface area contributed by atoms with Crippen LogP contribution in [0.3, 0.4) is 0 Å². The van der Waals surface area contributed by atoms with Gasteiger partial charge in [-0.3, -0.25) is 4.90 Å². The zero-order valence-corrected chi connectivity index (χ0v) is 12.7. The van der Waals surface area contributed by atoms with E-state index in [0.717, 1.165) is 24.5 Å². The van der Waals surface area contributed by atoms with E-state index in [1.807, 2.05) is 18.2 Å². The Balaban J connectivity index is 2.53. The number of hydrogen-bond donors (Lipinski definition) is 2. The van der Waals surface area contributed by atoms with Crippen LogP contribution in [0.25, 0.3) is 0 Å². The van der Waals surface area contributed by atoms with Crippen molar-refractivity contribution in [3.8, 4) is 5.75 Å². The molecule has 4 nitrogen and oxygen atoms in total. The van der Waals surface area contributed by atoms with Crippen LogP contribution < -0.4 is 15.8 Å². The predicted octanol–water partition coefficient (Wildman–Crippen LogP) is 2.81. The maximum absolute atomic E-state index is 5.80. The van der Waals surface area contributed by atoms with Crippen LogP contribution in [0.5, 0.6) is 5.75 Å². The minimum atomic E-state index is 0.558. The zero-order chi connectivity index (χ0) is 14.4. The molecule has 1 aromatic rings. The van der Waals surface area contributed by atoms with Gasteiger partial charge in [-0.05, 0) is 39.8 Å². The van der Waals surface area contributed by atoms with Gasteiger partial charge in [0.2, 0.25) is 0 Å². The van der Waals surface area contributed by atoms with Crippen molar-refractivity contribution in [2.24, 2.45) is 0 Å². The van der Waals surface area contributed by atoms with Crippen molar-refractivity contribution in [2.75, 3.05) is 31.2 Å². The third-order valence-electron chi connectivity index (χ3n) is 3.26. The van der Waals surface area contributed by atoms with Crippen molar-refractivity contribution in [2.45, 2.75) is 39.8 Å². The lowest BCUT2D eigenvalue weighted by molar-refractivity contribution is 0.182. The Morgan fingerprint density at radius 2 is 1.84 bits per heavy atom. The summed E-state index contributed by atoms with van der Waals surface area (Å²) in [5.41, 5.74) is 7.50. The quantitative estimate of drug-likeness (QED) is 0.744. The highest BCUT2D eigenvalue weighted by Gasteiger charge is 2.12. The smallest absolute Gasteiger partial charge is 0.143 e. The first-order valence-electron chi connectivity index (χ1n) is 6.88. The van der Waals surface area contributed by atoms with Gasteiger partial charge in [0.1, 0.15) is 5.75 Å². The molecule has 19 heavy (non-hydrogen) atoms. The lowest BCUT2D eigenvalue weighted by Gasteiger charge is -2.30. The highest BCUT2D eigenvalue weighted by molar-refractivity contribution is 5.61. The number of methoxy groups -OCH3 is 1. The molecule has 1 aromatic carbocycles. The second-order valence-electron chi connectivity index (χ2n) is 5.31. The van der Waals surface area contributed by atoms with Gasteiger partial charge in [-0.2, -0.15) is 0 Å². The SMILES string of the molecule is COc1cc(NCCN(C(C)C)C(C)C)ccc1N. The first kappa shape index (κ1) is 15.6. The first-order valence-corrected chi connectivity index (χ1v) is 6.88. The summed E-state index contributed by atoms with van der Waals surface area (Å²) in [6.07, 6.45) is 0. The molecule has 4 heteroatoms. The molecule has 0 bridgehead atoms. The lowest BCUT2D eigenvalue weighted by Crippen LogP contribution is -2.40. The number of rotatable bonds is 7. The molecule has 0 atom stereocenters. The van der Waals surface area contributed by atoms with Crippen LogP contribution in [0.4, 0.5) is 11.4 Å². The number of nitrogens with one attached hydrogen (secondary N) is 1. The van der Waals surface area contributed by atoms with Crippen molar-refractivity contribution in [1.82, 2.24) is 4.90 Å². The van der Waals surface area contributed by atoms with Gasteiger partial charge in [-0.25, -0.2) is 0 Å². The molecule has 3 N–H and O–H groups in total. The summed E-state index contributed by atoms with van der Waals surface area (Å²) in [6.45, 7) is 10.8. The number of ether oxygens (including phenoxy) is 1. The molecule has 1 rings (SSSR count). The summed E-state index contributed by atoms with van der Waals surface area (Å²) >= 11 is 0. The number of nitrogens with zero attached hydrogens (tertiary/aromatic N) is 1. The largest absolute Gasteiger partial charge is 0.495 e. The number of nitrogens with two attached hydrogens (primary N) is 1. The second-order valence-corrected chi connectivity index (χ2v) is 5.31. The van der Waals surface area contributed by atoms with Crippen molar-refractivity contribution < 1.29 is 4.74 Å². The number of anilines is 2. The van der Waals surface area contributed by atoms with Crippen LogP contribution >= 0.6 is 0 Å². The van der Waals surface area contributed by atoms with Crippen LogP contribution in [0, 0.1) is 0 Å². The van der Waals surface area contributed by atoms with Crippen molar-refractivity contribution >= 4 is 11.4 Å². The summed E-state index contributed by atoms with van der Waals surface area (Å²) in [6, 6.07) is 6.90. The highest BCUT2D eigenvalue weighted by atomic mass is 16.5. The Morgan fingerprint density at radius 3 is 2.37 bits per heavy atom. The first-order chi connectivity index (χ1) is 8.95. The van der Waals surface area contributed by atoms with Gasteiger partial charge < -0.3 is 15.8 Å². The maximum Gasteiger partial charge on any atom is 0.143 e. The monoisotopic (exact) mass is 265 g/mol. The maximum atomic E-state index is 5.80. The molecule has 0 heterocycles. The third-order valence-corrected chi connectivity index (χ3v) is 3.26. The van der Waals surface area contributed by atoms with E-state index in [9.17, 15) is 0 Å². The van der Waals surface area contributed by atoms with Gasteiger partial charge in [0.15, 0.2) is 0 Å². The van der Waals surface area contributed by atoms with Gasteiger partial charge in [-0.15, -0.1) is 0 Å². The molecule has 0 saturated heterocycles. The number of nitrogen functional groups attached to an aromatic ring is 1. The average Bonchev–Trinajstić information content (AvgIpc) is 2.35. The fraction of sp³-hybridized carbons (Fsp3) is 0.600. The fourth-order valence-electron chi connectivity index (χ4n) is 2.26. The summed E-state index contributed by atoms with van der Waals surface area (Å²) in [7, 11) is 1.63. The standard InChI is InChI=1S/C15H27N3O/c1-11(2)18(12(3)4)9-8-17-13-6-7-14(16)15(10-13)19-5/h6-7,10-12,17H,8-9,16H2,1-5H3. The van der Waals surface area contributed by atoms with E-state index >= 15 is 0 Å². The van der Waals surface area contributed by atoms with Crippen LogP contribution in [0.1, 0.15) is 27.7 Å². The molecule has 0 aromatic heterocycles. The van der Waals surface area contributed by atoms with E-state index < -0.39 is 0 Å². The summed E-state index contributed by atoms with van der Waals surface area (Å²) in [4.78, 5) is 2.46. The molecule has 0 amide bonds. The van der Waals surface area contributed by atoms with Crippen LogP contribution in [0.2, 0.25) is 0 Å². The average molecular weight is 265 g/mol. The van der Waals surface area contributed by atoms with Gasteiger partial charge in [0.25, 0.3) is 0 Å². The molecule has 0 saturated carbocycles. The van der Waals surface area contributed by atoms with Crippen molar-refractivity contribution in [3.05, 3.63) is 18.2 Å². The molecule has 0 aliphatic carbocycles. The minimum absolute atomic E-state index is 0.558. The van der Waals surface area contributed by atoms with E-state index in [0.29, 0.717) is 17.8 Å². The third kappa shape index (κ3) is 4.63. The van der Waals surface area contributed by atoms with Crippen LogP contribution in [-0.2, 0) is 0 Å². The summed E-state index contributed by atoms with van der Waals surface area (Å²) < 4.78 is 5.21. The van der Waals surface area contributed by atoms with E-state index in [1.54, 1.807) is 7.11 Å². The second kappa shape index (κ2) is 7.24. The van der Waals surface area contributed by atoms with Gasteiger partial charge in [-0.1, -0.05) is 0 Å². The Morgan fingerprint density at radius 1 is 1.21 bits per heavy atom. The van der Waals surface area contributed by atoms with Gasteiger partial charge >= 0.3 is 0 Å². The van der Waals surface area contributed by atoms with Crippen LogP contribution in [0.15, 0.2) is 18.2 Å². The molecule has 0 fully saturated rings. The van der Waals surface area contributed by atoms with Gasteiger partial charge in [0.05, 0.1) is 12.8 Å². The Hall–Kier alpha value is -1.42. The molecule has 0 spiro atoms. The molecule has 0 aliphatic heterocycles. The topological polar surface area (TPSA) is 50.5 Å². The Bertz CT molecular complexity index is 383. The fourth-order valence-corrected chi connectivity index (χ4v) is 2.26. The Labute approximate surface area is 116 Å². The highest BCUT2D eigenvalue weighted by Crippen LogP contribution is 2.24. The molecule has 0 unspecified atom stereocenters. The minimum Gasteiger partial charge on any atom is -0.495 e. The van der Waals surface area contributed by atoms with Gasteiger partial charge in [0, 0.05) is 36.9 Å². The molecule has 108 valence electrons. The van der Waals surface area contributed by atoms with Crippen molar-refractivity contribution in [1.29, 1.82) is 0 Å². The van der Waals surface area contributed by atoms with Crippen LogP contribution in [-0.4, -0.2) is 37.2 Å². The lowest BCUT2D eigenvalue weighted by atomic mass is 10.2. The normalized spacial score (nSPS) is 11.4. The molecular formula is C15H27N3O. The van der Waals surface area contributed by atoms with E-state index in [-0.39, 0.29) is 0 Å². The molecular weight excluding hydrogens is 238 g/mol. The predicted molar refractivity (Wildman–Crippen MR) is 82.9 cm³/mol. The zero-order valence-electron chi connectivity index (χ0n) is 12.7. The summed E-state index contributed by atoms with van der Waals surface area (Å²) in [5.74, 6) is 0.717. The van der Waals surface area contributed by atoms with E-state index in [4.69, 9.17) is 10.5 Å². The Kier molecular flexibility index (Phi) is 5.96. The summed E-state index contributed by atoms with van der Waals surface area (Å²) in [5, 5.41) is 3.41. The van der Waals surface area contributed by atoms with Crippen molar-refractivity contribution in [3.63, 3.8) is 0 Å². The number of hydrogen-bond acceptors (Lipinski definition) is 4. The van der Waals surface area contributed by atoms with E-state index in [1.165, 1.54) is 0 Å². The number of benzene rings is 1. The molecule has 0 radical (unpaired) electrons. The van der Waals surface area contributed by atoms with E-state index in [2.05, 4.69) is 37.9 Å². The molecule has 0 aliphatic rings.